The molecule has 0 aliphatic heterocycles. The molecule has 1 amide bonds. The van der Waals surface area contributed by atoms with Crippen molar-refractivity contribution in [2.75, 3.05) is 14.1 Å². The van der Waals surface area contributed by atoms with Crippen molar-refractivity contribution in [3.8, 4) is 5.75 Å². The molecular formula is C11H13Cl2NO2. The second-order valence-electron chi connectivity index (χ2n) is 3.57. The van der Waals surface area contributed by atoms with Gasteiger partial charge in [-0.25, -0.2) is 0 Å². The Balaban J connectivity index is 2.77. The Morgan fingerprint density at radius 3 is 2.50 bits per heavy atom. The van der Waals surface area contributed by atoms with Gasteiger partial charge in [0, 0.05) is 19.1 Å². The Morgan fingerprint density at radius 1 is 1.38 bits per heavy atom. The molecule has 0 N–H and O–H groups in total. The fraction of sp³-hybridized carbons (Fsp3) is 0.364. The lowest BCUT2D eigenvalue weighted by molar-refractivity contribution is -0.135. The Morgan fingerprint density at radius 2 is 2.00 bits per heavy atom. The topological polar surface area (TPSA) is 29.5 Å². The third-order valence-electron chi connectivity index (χ3n) is 1.99. The number of halogens is 2. The molecule has 1 atom stereocenters. The molecule has 0 unspecified atom stereocenters. The predicted molar refractivity (Wildman–Crippen MR) is 65.2 cm³/mol. The lowest BCUT2D eigenvalue weighted by Gasteiger charge is -2.18. The molecule has 0 heterocycles. The SMILES string of the molecule is C[C@H](Oc1ccc(Cl)cc1Cl)C(=O)N(C)C. The molecule has 0 saturated heterocycles. The molecule has 0 bridgehead atoms. The summed E-state index contributed by atoms with van der Waals surface area (Å²) in [7, 11) is 3.34. The number of rotatable bonds is 3. The van der Waals surface area contributed by atoms with E-state index in [9.17, 15) is 4.79 Å². The summed E-state index contributed by atoms with van der Waals surface area (Å²) in [6.07, 6.45) is -0.575. The molecule has 1 aromatic carbocycles. The molecule has 5 heteroatoms. The number of likely N-dealkylation sites (N-methyl/N-ethyl adjacent to an activating group) is 1. The lowest BCUT2D eigenvalue weighted by atomic mass is 10.3. The zero-order valence-electron chi connectivity index (χ0n) is 9.33. The predicted octanol–water partition coefficient (Wildman–Crippen LogP) is 2.85. The minimum absolute atomic E-state index is 0.119. The quantitative estimate of drug-likeness (QED) is 0.838. The van der Waals surface area contributed by atoms with Gasteiger partial charge >= 0.3 is 0 Å². The van der Waals surface area contributed by atoms with Crippen molar-refractivity contribution in [1.82, 2.24) is 4.90 Å². The zero-order chi connectivity index (χ0) is 12.3. The smallest absolute Gasteiger partial charge is 0.262 e. The van der Waals surface area contributed by atoms with Gasteiger partial charge in [-0.05, 0) is 25.1 Å². The van der Waals surface area contributed by atoms with E-state index in [1.54, 1.807) is 39.2 Å². The van der Waals surface area contributed by atoms with E-state index >= 15 is 0 Å². The van der Waals surface area contributed by atoms with Gasteiger partial charge in [-0.1, -0.05) is 23.2 Å². The van der Waals surface area contributed by atoms with Crippen LogP contribution in [-0.4, -0.2) is 31.0 Å². The molecule has 0 spiro atoms. The first-order valence-electron chi connectivity index (χ1n) is 4.74. The van der Waals surface area contributed by atoms with Crippen molar-refractivity contribution in [2.45, 2.75) is 13.0 Å². The molecule has 0 fully saturated rings. The van der Waals surface area contributed by atoms with Crippen molar-refractivity contribution < 1.29 is 9.53 Å². The molecular weight excluding hydrogens is 249 g/mol. The van der Waals surface area contributed by atoms with Gasteiger partial charge < -0.3 is 9.64 Å². The number of amides is 1. The first-order valence-corrected chi connectivity index (χ1v) is 5.50. The van der Waals surface area contributed by atoms with E-state index in [4.69, 9.17) is 27.9 Å². The van der Waals surface area contributed by atoms with Crippen LogP contribution in [0.2, 0.25) is 10.0 Å². The van der Waals surface area contributed by atoms with E-state index in [0.29, 0.717) is 15.8 Å². The molecule has 88 valence electrons. The van der Waals surface area contributed by atoms with Crippen molar-refractivity contribution in [3.63, 3.8) is 0 Å². The maximum Gasteiger partial charge on any atom is 0.262 e. The summed E-state index contributed by atoms with van der Waals surface area (Å²) >= 11 is 11.7. The Kier molecular flexibility index (Phi) is 4.44. The van der Waals surface area contributed by atoms with E-state index in [1.807, 2.05) is 0 Å². The minimum Gasteiger partial charge on any atom is -0.479 e. The molecule has 0 aliphatic carbocycles. The number of ether oxygens (including phenoxy) is 1. The van der Waals surface area contributed by atoms with Crippen LogP contribution < -0.4 is 4.74 Å². The first-order chi connectivity index (χ1) is 7.41. The highest BCUT2D eigenvalue weighted by Gasteiger charge is 2.17. The van der Waals surface area contributed by atoms with Crippen LogP contribution in [0, 0.1) is 0 Å². The summed E-state index contributed by atoms with van der Waals surface area (Å²) < 4.78 is 5.44. The van der Waals surface area contributed by atoms with Crippen LogP contribution in [0.3, 0.4) is 0 Å². The molecule has 3 nitrogen and oxygen atoms in total. The van der Waals surface area contributed by atoms with Crippen molar-refractivity contribution in [3.05, 3.63) is 28.2 Å². The number of carbonyl (C=O) groups is 1. The molecule has 1 rings (SSSR count). The highest BCUT2D eigenvalue weighted by molar-refractivity contribution is 6.35. The van der Waals surface area contributed by atoms with Gasteiger partial charge in [0.05, 0.1) is 5.02 Å². The Hall–Kier alpha value is -0.930. The van der Waals surface area contributed by atoms with Crippen LogP contribution in [0.5, 0.6) is 5.75 Å². The standard InChI is InChI=1S/C11H13Cl2NO2/c1-7(11(15)14(2)3)16-10-5-4-8(12)6-9(10)13/h4-7H,1-3H3/t7-/m0/s1. The van der Waals surface area contributed by atoms with Gasteiger partial charge in [0.25, 0.3) is 5.91 Å². The third-order valence-corrected chi connectivity index (χ3v) is 2.52. The summed E-state index contributed by atoms with van der Waals surface area (Å²) in [5, 5.41) is 0.926. The van der Waals surface area contributed by atoms with Crippen LogP contribution in [0.1, 0.15) is 6.92 Å². The molecule has 16 heavy (non-hydrogen) atoms. The highest BCUT2D eigenvalue weighted by Crippen LogP contribution is 2.28. The van der Waals surface area contributed by atoms with E-state index < -0.39 is 6.10 Å². The maximum atomic E-state index is 11.6. The normalized spacial score (nSPS) is 12.1. The van der Waals surface area contributed by atoms with Crippen LogP contribution in [0.4, 0.5) is 0 Å². The van der Waals surface area contributed by atoms with Crippen LogP contribution >= 0.6 is 23.2 Å². The monoisotopic (exact) mass is 261 g/mol. The largest absolute Gasteiger partial charge is 0.479 e. The van der Waals surface area contributed by atoms with Gasteiger partial charge in [-0.2, -0.15) is 0 Å². The summed E-state index contributed by atoms with van der Waals surface area (Å²) in [5.74, 6) is 0.333. The Bertz CT molecular complexity index is 394. The van der Waals surface area contributed by atoms with Gasteiger partial charge in [0.1, 0.15) is 5.75 Å². The van der Waals surface area contributed by atoms with Crippen molar-refractivity contribution >= 4 is 29.1 Å². The van der Waals surface area contributed by atoms with Crippen LogP contribution in [0.25, 0.3) is 0 Å². The lowest BCUT2D eigenvalue weighted by Crippen LogP contribution is -2.35. The third kappa shape index (κ3) is 3.29. The van der Waals surface area contributed by atoms with Gasteiger partial charge in [-0.3, -0.25) is 4.79 Å². The number of hydrogen-bond acceptors (Lipinski definition) is 2. The zero-order valence-corrected chi connectivity index (χ0v) is 10.8. The number of nitrogens with zero attached hydrogens (tertiary/aromatic N) is 1. The second-order valence-corrected chi connectivity index (χ2v) is 4.41. The second kappa shape index (κ2) is 5.41. The van der Waals surface area contributed by atoms with Gasteiger partial charge in [-0.15, -0.1) is 0 Å². The molecule has 1 aromatic rings. The van der Waals surface area contributed by atoms with Crippen molar-refractivity contribution in [1.29, 1.82) is 0 Å². The number of benzene rings is 1. The Labute approximate surface area is 105 Å². The summed E-state index contributed by atoms with van der Waals surface area (Å²) in [6.45, 7) is 1.67. The molecule has 0 radical (unpaired) electrons. The number of hydrogen-bond donors (Lipinski definition) is 0. The van der Waals surface area contributed by atoms with Gasteiger partial charge in [0.2, 0.25) is 0 Å². The fourth-order valence-electron chi connectivity index (χ4n) is 1.18. The van der Waals surface area contributed by atoms with Crippen LogP contribution in [0.15, 0.2) is 18.2 Å². The van der Waals surface area contributed by atoms with Gasteiger partial charge in [0.15, 0.2) is 6.10 Å². The molecule has 0 saturated carbocycles. The van der Waals surface area contributed by atoms with Crippen molar-refractivity contribution in [2.24, 2.45) is 0 Å². The average Bonchev–Trinajstić information content (AvgIpc) is 2.20. The first kappa shape index (κ1) is 13.1. The van der Waals surface area contributed by atoms with Crippen LogP contribution in [-0.2, 0) is 4.79 Å². The summed E-state index contributed by atoms with van der Waals surface area (Å²) in [6, 6.07) is 4.88. The highest BCUT2D eigenvalue weighted by atomic mass is 35.5. The van der Waals surface area contributed by atoms with E-state index in [2.05, 4.69) is 0 Å². The summed E-state index contributed by atoms with van der Waals surface area (Å²) in [4.78, 5) is 13.0. The summed E-state index contributed by atoms with van der Waals surface area (Å²) in [5.41, 5.74) is 0. The average molecular weight is 262 g/mol. The molecule has 0 aliphatic rings. The number of carbonyl (C=O) groups excluding carboxylic acids is 1. The van der Waals surface area contributed by atoms with E-state index in [-0.39, 0.29) is 5.91 Å². The minimum atomic E-state index is -0.575. The molecule has 0 aromatic heterocycles. The van der Waals surface area contributed by atoms with E-state index in [0.717, 1.165) is 0 Å². The fourth-order valence-corrected chi connectivity index (χ4v) is 1.63. The maximum absolute atomic E-state index is 11.6. The van der Waals surface area contributed by atoms with E-state index in [1.165, 1.54) is 4.90 Å².